The van der Waals surface area contributed by atoms with Crippen LogP contribution in [0.2, 0.25) is 0 Å². The molecule has 0 unspecified atom stereocenters. The van der Waals surface area contributed by atoms with E-state index in [-0.39, 0.29) is 5.82 Å². The third kappa shape index (κ3) is 4.84. The monoisotopic (exact) mass is 432 g/mol. The molecule has 4 nitrogen and oxygen atoms in total. The minimum absolute atomic E-state index is 0.206. The first-order chi connectivity index (χ1) is 15.6. The van der Waals surface area contributed by atoms with Gasteiger partial charge in [0.2, 0.25) is 0 Å². The van der Waals surface area contributed by atoms with E-state index in [1.165, 1.54) is 28.4 Å². The number of hydrogen-bond donors (Lipinski definition) is 1. The molecule has 0 saturated carbocycles. The molecule has 0 radical (unpaired) electrons. The Labute approximate surface area is 190 Å². The van der Waals surface area contributed by atoms with Gasteiger partial charge in [-0.2, -0.15) is 0 Å². The summed E-state index contributed by atoms with van der Waals surface area (Å²) in [6, 6.07) is 17.5. The predicted molar refractivity (Wildman–Crippen MR) is 132 cm³/mol. The lowest BCUT2D eigenvalue weighted by Gasteiger charge is -2.17. The minimum Gasteiger partial charge on any atom is -0.334 e. The average molecular weight is 433 g/mol. The Hall–Kier alpha value is -2.76. The molecular weight excluding hydrogens is 399 g/mol. The Morgan fingerprint density at radius 1 is 1.00 bits per heavy atom. The fourth-order valence-electron chi connectivity index (χ4n) is 4.54. The molecule has 0 bridgehead atoms. The second kappa shape index (κ2) is 10.2. The average Bonchev–Trinajstić information content (AvgIpc) is 3.12. The van der Waals surface area contributed by atoms with Crippen LogP contribution in [0.25, 0.3) is 21.8 Å². The number of aromatic nitrogens is 2. The summed E-state index contributed by atoms with van der Waals surface area (Å²) in [6.45, 7) is 12.3. The van der Waals surface area contributed by atoms with E-state index in [0.717, 1.165) is 61.6 Å². The molecule has 0 fully saturated rings. The van der Waals surface area contributed by atoms with Gasteiger partial charge in [0, 0.05) is 29.4 Å². The maximum atomic E-state index is 13.4. The van der Waals surface area contributed by atoms with Crippen LogP contribution >= 0.6 is 0 Å². The first kappa shape index (κ1) is 22.4. The molecule has 0 amide bonds. The third-order valence-electron chi connectivity index (χ3n) is 6.26. The van der Waals surface area contributed by atoms with Crippen LogP contribution in [0.15, 0.2) is 54.6 Å². The summed E-state index contributed by atoms with van der Waals surface area (Å²) < 4.78 is 15.7. The van der Waals surface area contributed by atoms with Crippen molar-refractivity contribution < 1.29 is 4.39 Å². The number of para-hydroxylation sites is 1. The summed E-state index contributed by atoms with van der Waals surface area (Å²) in [5.41, 5.74) is 5.51. The molecule has 2 aromatic heterocycles. The molecule has 2 heterocycles. The van der Waals surface area contributed by atoms with Crippen molar-refractivity contribution in [2.24, 2.45) is 0 Å². The first-order valence-electron chi connectivity index (χ1n) is 11.7. The Morgan fingerprint density at radius 3 is 2.50 bits per heavy atom. The number of halogens is 1. The molecule has 0 aliphatic rings. The summed E-state index contributed by atoms with van der Waals surface area (Å²) in [6.07, 6.45) is 1.14. The summed E-state index contributed by atoms with van der Waals surface area (Å²) >= 11 is 0. The normalized spacial score (nSPS) is 11.8. The van der Waals surface area contributed by atoms with Crippen molar-refractivity contribution in [1.29, 1.82) is 0 Å². The zero-order valence-corrected chi connectivity index (χ0v) is 19.4. The van der Waals surface area contributed by atoms with Gasteiger partial charge in [-0.1, -0.05) is 44.2 Å². The lowest BCUT2D eigenvalue weighted by atomic mass is 10.1. The number of pyridine rings is 1. The molecule has 2 aromatic carbocycles. The molecule has 1 N–H and O–H groups in total. The van der Waals surface area contributed by atoms with Gasteiger partial charge >= 0.3 is 0 Å². The van der Waals surface area contributed by atoms with Crippen LogP contribution in [-0.2, 0) is 13.1 Å². The number of hydrogen-bond acceptors (Lipinski definition) is 3. The molecule has 0 saturated heterocycles. The molecule has 0 aliphatic carbocycles. The van der Waals surface area contributed by atoms with Crippen molar-refractivity contribution in [2.45, 2.75) is 40.3 Å². The molecule has 0 spiro atoms. The second-order valence-electron chi connectivity index (χ2n) is 8.38. The first-order valence-corrected chi connectivity index (χ1v) is 11.7. The molecule has 168 valence electrons. The quantitative estimate of drug-likeness (QED) is 0.336. The number of nitrogens with one attached hydrogen (secondary N) is 1. The molecule has 0 aliphatic heterocycles. The lowest BCUT2D eigenvalue weighted by Crippen LogP contribution is -2.27. The SMILES string of the molecule is CCN(CC)CCCNCc1cc2c3ccccc3n(Cc3ccc(F)cc3)c2c(C)n1. The maximum Gasteiger partial charge on any atom is 0.123 e. The van der Waals surface area contributed by atoms with Gasteiger partial charge in [0.15, 0.2) is 0 Å². The van der Waals surface area contributed by atoms with Gasteiger partial charge in [0.05, 0.1) is 16.9 Å². The number of fused-ring (bicyclic) bond motifs is 3. The standard InChI is InChI=1S/C27H33FN4/c1-4-31(5-2)16-8-15-29-18-23-17-25-24-9-6-7-10-26(24)32(27(25)20(3)30-23)19-21-11-13-22(28)14-12-21/h6-7,9-14,17,29H,4-5,8,15-16,18-19H2,1-3H3. The maximum absolute atomic E-state index is 13.4. The lowest BCUT2D eigenvalue weighted by molar-refractivity contribution is 0.298. The Kier molecular flexibility index (Phi) is 7.18. The van der Waals surface area contributed by atoms with Gasteiger partial charge in [0.25, 0.3) is 0 Å². The highest BCUT2D eigenvalue weighted by Crippen LogP contribution is 2.31. The Bertz CT molecular complexity index is 1180. The van der Waals surface area contributed by atoms with E-state index in [2.05, 4.69) is 65.9 Å². The number of rotatable bonds is 10. The van der Waals surface area contributed by atoms with Crippen LogP contribution in [0.5, 0.6) is 0 Å². The highest BCUT2D eigenvalue weighted by Gasteiger charge is 2.15. The zero-order valence-electron chi connectivity index (χ0n) is 19.4. The second-order valence-corrected chi connectivity index (χ2v) is 8.38. The van der Waals surface area contributed by atoms with Crippen molar-refractivity contribution in [2.75, 3.05) is 26.2 Å². The van der Waals surface area contributed by atoms with E-state index in [0.29, 0.717) is 6.54 Å². The number of benzene rings is 2. The van der Waals surface area contributed by atoms with E-state index in [1.54, 1.807) is 0 Å². The van der Waals surface area contributed by atoms with Crippen LogP contribution in [0.4, 0.5) is 4.39 Å². The van der Waals surface area contributed by atoms with Crippen LogP contribution < -0.4 is 5.32 Å². The van der Waals surface area contributed by atoms with Gasteiger partial charge in [-0.25, -0.2) is 4.39 Å². The fourth-order valence-corrected chi connectivity index (χ4v) is 4.54. The summed E-state index contributed by atoms with van der Waals surface area (Å²) in [4.78, 5) is 7.37. The van der Waals surface area contributed by atoms with Crippen molar-refractivity contribution >= 4 is 21.8 Å². The smallest absolute Gasteiger partial charge is 0.123 e. The number of nitrogens with zero attached hydrogens (tertiary/aromatic N) is 3. The van der Waals surface area contributed by atoms with Crippen LogP contribution in [0.3, 0.4) is 0 Å². The summed E-state index contributed by atoms with van der Waals surface area (Å²) in [5, 5.41) is 6.03. The highest BCUT2D eigenvalue weighted by molar-refractivity contribution is 6.08. The zero-order chi connectivity index (χ0) is 22.5. The van der Waals surface area contributed by atoms with E-state index >= 15 is 0 Å². The topological polar surface area (TPSA) is 33.1 Å². The molecular formula is C27H33FN4. The van der Waals surface area contributed by atoms with Crippen LogP contribution in [0.1, 0.15) is 37.2 Å². The molecule has 4 rings (SSSR count). The molecule has 4 aromatic rings. The number of aryl methyl sites for hydroxylation is 1. The van der Waals surface area contributed by atoms with E-state index in [1.807, 2.05) is 12.1 Å². The molecule has 5 heteroatoms. The van der Waals surface area contributed by atoms with Gasteiger partial charge in [-0.15, -0.1) is 0 Å². The third-order valence-corrected chi connectivity index (χ3v) is 6.26. The Morgan fingerprint density at radius 2 is 1.75 bits per heavy atom. The minimum atomic E-state index is -0.206. The predicted octanol–water partition coefficient (Wildman–Crippen LogP) is 5.51. The van der Waals surface area contributed by atoms with Gasteiger partial charge < -0.3 is 14.8 Å². The van der Waals surface area contributed by atoms with Crippen molar-refractivity contribution in [3.05, 3.63) is 77.4 Å². The highest BCUT2D eigenvalue weighted by atomic mass is 19.1. The molecule has 32 heavy (non-hydrogen) atoms. The van der Waals surface area contributed by atoms with Crippen molar-refractivity contribution in [1.82, 2.24) is 19.8 Å². The van der Waals surface area contributed by atoms with Crippen LogP contribution in [-0.4, -0.2) is 40.6 Å². The largest absolute Gasteiger partial charge is 0.334 e. The Balaban J connectivity index is 1.58. The van der Waals surface area contributed by atoms with Gasteiger partial charge in [-0.05, 0) is 69.4 Å². The van der Waals surface area contributed by atoms with Crippen LogP contribution in [0, 0.1) is 12.7 Å². The van der Waals surface area contributed by atoms with E-state index in [9.17, 15) is 4.39 Å². The van der Waals surface area contributed by atoms with Crippen molar-refractivity contribution in [3.63, 3.8) is 0 Å². The van der Waals surface area contributed by atoms with E-state index < -0.39 is 0 Å². The fraction of sp³-hybridized carbons (Fsp3) is 0.370. The molecule has 0 atom stereocenters. The summed E-state index contributed by atoms with van der Waals surface area (Å²) in [5.74, 6) is -0.206. The van der Waals surface area contributed by atoms with Crippen molar-refractivity contribution in [3.8, 4) is 0 Å². The summed E-state index contributed by atoms with van der Waals surface area (Å²) in [7, 11) is 0. The van der Waals surface area contributed by atoms with Gasteiger partial charge in [0.1, 0.15) is 5.82 Å². The van der Waals surface area contributed by atoms with Gasteiger partial charge in [-0.3, -0.25) is 4.98 Å². The van der Waals surface area contributed by atoms with E-state index in [4.69, 9.17) is 4.98 Å².